The summed E-state index contributed by atoms with van der Waals surface area (Å²) < 4.78 is 56.2. The molecule has 0 N–H and O–H groups in total. The maximum absolute atomic E-state index is 12.8. The van der Waals surface area contributed by atoms with Crippen molar-refractivity contribution in [3.63, 3.8) is 0 Å². The summed E-state index contributed by atoms with van der Waals surface area (Å²) in [6.45, 7) is -2.86. The maximum Gasteiger partial charge on any atom is 0.319 e. The molecule has 0 aliphatic heterocycles. The normalized spacial score (nSPS) is 12.0. The number of imidazole rings is 1. The molecule has 7 nitrogen and oxygen atoms in total. The van der Waals surface area contributed by atoms with Crippen LogP contribution in [0, 0.1) is 0 Å². The summed E-state index contributed by atoms with van der Waals surface area (Å²) in [4.78, 5) is 7.70. The second-order valence-electron chi connectivity index (χ2n) is 5.08. The van der Waals surface area contributed by atoms with Crippen LogP contribution in [0.2, 0.25) is 0 Å². The molecule has 2 aromatic heterocycles. The number of benzene rings is 1. The van der Waals surface area contributed by atoms with Crippen LogP contribution in [0.15, 0.2) is 45.7 Å². The molecule has 0 spiro atoms. The molecule has 0 bridgehead atoms. The molecule has 0 radical (unpaired) electrons. The number of hydrogen-bond acceptors (Lipinski definition) is 6. The predicted octanol–water partition coefficient (Wildman–Crippen LogP) is 3.21. The van der Waals surface area contributed by atoms with Gasteiger partial charge in [-0.05, 0) is 12.1 Å². The zero-order valence-electron chi connectivity index (χ0n) is 12.5. The van der Waals surface area contributed by atoms with Gasteiger partial charge < -0.3 is 4.52 Å². The molecular formula is C14H11BrF2N4O3S. The lowest BCUT2D eigenvalue weighted by atomic mass is 10.2. The zero-order chi connectivity index (χ0) is 18.0. The summed E-state index contributed by atoms with van der Waals surface area (Å²) in [5, 5.41) is 3.74. The topological polar surface area (TPSA) is 90.9 Å². The van der Waals surface area contributed by atoms with E-state index >= 15 is 0 Å². The van der Waals surface area contributed by atoms with Crippen molar-refractivity contribution in [3.8, 4) is 11.4 Å². The fraction of sp³-hybridized carbons (Fsp3) is 0.214. The van der Waals surface area contributed by atoms with Crippen LogP contribution >= 0.6 is 15.9 Å². The molecule has 0 saturated heterocycles. The van der Waals surface area contributed by atoms with Crippen molar-refractivity contribution in [2.24, 2.45) is 0 Å². The SMILES string of the molecule is O=S(=O)(Cc1nc(-c2cccc(Br)c2)no1)Cc1nccn1C(F)F. The second-order valence-corrected chi connectivity index (χ2v) is 8.06. The summed E-state index contributed by atoms with van der Waals surface area (Å²) in [5.41, 5.74) is 0.648. The quantitative estimate of drug-likeness (QED) is 0.593. The Balaban J connectivity index is 1.76. The highest BCUT2D eigenvalue weighted by atomic mass is 79.9. The molecule has 0 aliphatic rings. The zero-order valence-corrected chi connectivity index (χ0v) is 14.9. The lowest BCUT2D eigenvalue weighted by Crippen LogP contribution is -2.13. The van der Waals surface area contributed by atoms with E-state index in [0.29, 0.717) is 10.1 Å². The highest BCUT2D eigenvalue weighted by Gasteiger charge is 2.22. The second kappa shape index (κ2) is 7.00. The van der Waals surface area contributed by atoms with Crippen LogP contribution < -0.4 is 0 Å². The van der Waals surface area contributed by atoms with Gasteiger partial charge in [-0.3, -0.25) is 4.57 Å². The monoisotopic (exact) mass is 432 g/mol. The standard InChI is InChI=1S/C14H11BrF2N4O3S/c15-10-3-1-2-9(6-10)13-19-12(24-20-13)8-25(22,23)7-11-18-4-5-21(11)14(16)17/h1-6,14H,7-8H2. The van der Waals surface area contributed by atoms with Crippen LogP contribution in [0.25, 0.3) is 11.4 Å². The Kier molecular flexibility index (Phi) is 4.95. The fourth-order valence-electron chi connectivity index (χ4n) is 2.13. The first-order chi connectivity index (χ1) is 11.8. The van der Waals surface area contributed by atoms with E-state index in [1.54, 1.807) is 18.2 Å². The van der Waals surface area contributed by atoms with Crippen LogP contribution in [0.1, 0.15) is 18.3 Å². The van der Waals surface area contributed by atoms with E-state index in [1.165, 1.54) is 0 Å². The van der Waals surface area contributed by atoms with Gasteiger partial charge in [-0.15, -0.1) is 0 Å². The van der Waals surface area contributed by atoms with E-state index in [1.807, 2.05) is 6.07 Å². The number of rotatable bonds is 6. The van der Waals surface area contributed by atoms with Crippen molar-refractivity contribution in [2.75, 3.05) is 0 Å². The maximum atomic E-state index is 12.8. The lowest BCUT2D eigenvalue weighted by Gasteiger charge is -2.05. The first kappa shape index (κ1) is 17.7. The van der Waals surface area contributed by atoms with E-state index < -0.39 is 27.9 Å². The Morgan fingerprint density at radius 2 is 2.08 bits per heavy atom. The predicted molar refractivity (Wildman–Crippen MR) is 87.2 cm³/mol. The minimum absolute atomic E-state index is 0.120. The third kappa shape index (κ3) is 4.28. The Morgan fingerprint density at radius 1 is 1.28 bits per heavy atom. The van der Waals surface area contributed by atoms with Crippen LogP contribution in [0.5, 0.6) is 0 Å². The average molecular weight is 433 g/mol. The van der Waals surface area contributed by atoms with E-state index in [0.717, 1.165) is 16.9 Å². The first-order valence-electron chi connectivity index (χ1n) is 6.93. The highest BCUT2D eigenvalue weighted by Crippen LogP contribution is 2.21. The van der Waals surface area contributed by atoms with Crippen molar-refractivity contribution in [1.82, 2.24) is 19.7 Å². The molecule has 0 saturated carbocycles. The number of alkyl halides is 2. The van der Waals surface area contributed by atoms with E-state index in [9.17, 15) is 17.2 Å². The van der Waals surface area contributed by atoms with Gasteiger partial charge in [-0.2, -0.15) is 13.8 Å². The van der Waals surface area contributed by atoms with E-state index in [4.69, 9.17) is 4.52 Å². The van der Waals surface area contributed by atoms with E-state index in [-0.39, 0.29) is 17.5 Å². The Labute approximate surface area is 149 Å². The van der Waals surface area contributed by atoms with Crippen molar-refractivity contribution in [3.05, 3.63) is 52.8 Å². The number of sulfone groups is 1. The van der Waals surface area contributed by atoms with Gasteiger partial charge in [0.25, 0.3) is 0 Å². The summed E-state index contributed by atoms with van der Waals surface area (Å²) in [5.74, 6) is -1.35. The van der Waals surface area contributed by atoms with Gasteiger partial charge >= 0.3 is 6.55 Å². The molecular weight excluding hydrogens is 422 g/mol. The van der Waals surface area contributed by atoms with Gasteiger partial charge in [0.15, 0.2) is 9.84 Å². The van der Waals surface area contributed by atoms with E-state index in [2.05, 4.69) is 31.1 Å². The van der Waals surface area contributed by atoms with Crippen molar-refractivity contribution in [2.45, 2.75) is 18.1 Å². The Morgan fingerprint density at radius 3 is 2.80 bits per heavy atom. The molecule has 0 atom stereocenters. The van der Waals surface area contributed by atoms with Crippen LogP contribution in [-0.4, -0.2) is 28.1 Å². The fourth-order valence-corrected chi connectivity index (χ4v) is 3.74. The van der Waals surface area contributed by atoms with Crippen molar-refractivity contribution < 1.29 is 21.7 Å². The molecule has 3 rings (SSSR count). The van der Waals surface area contributed by atoms with Gasteiger partial charge in [-0.25, -0.2) is 13.4 Å². The van der Waals surface area contributed by atoms with Gasteiger partial charge in [0.1, 0.15) is 17.3 Å². The van der Waals surface area contributed by atoms with Crippen molar-refractivity contribution in [1.29, 1.82) is 0 Å². The molecule has 1 aromatic carbocycles. The third-order valence-electron chi connectivity index (χ3n) is 3.20. The lowest BCUT2D eigenvalue weighted by molar-refractivity contribution is 0.0677. The summed E-state index contributed by atoms with van der Waals surface area (Å²) in [6, 6.07) is 7.09. The van der Waals surface area contributed by atoms with Gasteiger partial charge in [0, 0.05) is 22.4 Å². The van der Waals surface area contributed by atoms with Crippen LogP contribution in [0.4, 0.5) is 8.78 Å². The summed E-state index contributed by atoms with van der Waals surface area (Å²) in [6.07, 6.45) is 2.14. The van der Waals surface area contributed by atoms with Crippen LogP contribution in [0.3, 0.4) is 0 Å². The van der Waals surface area contributed by atoms with Crippen molar-refractivity contribution >= 4 is 25.8 Å². The van der Waals surface area contributed by atoms with Gasteiger partial charge in [-0.1, -0.05) is 33.2 Å². The smallest absolute Gasteiger partial charge is 0.319 e. The molecule has 11 heteroatoms. The number of aromatic nitrogens is 4. The Hall–Kier alpha value is -2.14. The van der Waals surface area contributed by atoms with Gasteiger partial charge in [0.05, 0.1) is 0 Å². The average Bonchev–Trinajstić information content (AvgIpc) is 3.15. The van der Waals surface area contributed by atoms with Gasteiger partial charge in [0.2, 0.25) is 11.7 Å². The Bertz CT molecular complexity index is 987. The molecule has 3 aromatic rings. The summed E-state index contributed by atoms with van der Waals surface area (Å²) in [7, 11) is -3.81. The molecule has 132 valence electrons. The minimum atomic E-state index is -3.81. The van der Waals surface area contributed by atoms with Crippen LogP contribution in [-0.2, 0) is 21.3 Å². The minimum Gasteiger partial charge on any atom is -0.338 e. The molecule has 0 amide bonds. The molecule has 25 heavy (non-hydrogen) atoms. The first-order valence-corrected chi connectivity index (χ1v) is 9.54. The molecule has 0 unspecified atom stereocenters. The third-order valence-corrected chi connectivity index (χ3v) is 5.08. The number of hydrogen-bond donors (Lipinski definition) is 0. The number of halogens is 3. The highest BCUT2D eigenvalue weighted by molar-refractivity contribution is 9.10. The number of nitrogens with zero attached hydrogens (tertiary/aromatic N) is 4. The molecule has 2 heterocycles. The molecule has 0 aliphatic carbocycles. The molecule has 0 fully saturated rings. The largest absolute Gasteiger partial charge is 0.338 e. The summed E-state index contributed by atoms with van der Waals surface area (Å²) >= 11 is 3.31.